The van der Waals surface area contributed by atoms with E-state index >= 15 is 0 Å². The number of hydrogen-bond acceptors (Lipinski definition) is 2. The van der Waals surface area contributed by atoms with Gasteiger partial charge < -0.3 is 10.6 Å². The second kappa shape index (κ2) is 5.74. The maximum Gasteiger partial charge on any atom is 0.238 e. The smallest absolute Gasteiger partial charge is 0.238 e. The summed E-state index contributed by atoms with van der Waals surface area (Å²) in [7, 11) is 0. The van der Waals surface area contributed by atoms with Gasteiger partial charge in [0.1, 0.15) is 5.69 Å². The first-order valence-corrected chi connectivity index (χ1v) is 5.61. The van der Waals surface area contributed by atoms with Gasteiger partial charge in [-0.3, -0.25) is 4.79 Å². The van der Waals surface area contributed by atoms with Crippen LogP contribution in [0.15, 0.2) is 0 Å². The Kier molecular flexibility index (Phi) is 4.69. The van der Waals surface area contributed by atoms with Crippen molar-refractivity contribution in [3.05, 3.63) is 29.1 Å². The van der Waals surface area contributed by atoms with Crippen LogP contribution in [0.1, 0.15) is 20.8 Å². The van der Waals surface area contributed by atoms with E-state index in [4.69, 9.17) is 0 Å². The van der Waals surface area contributed by atoms with Crippen molar-refractivity contribution >= 4 is 11.6 Å². The van der Waals surface area contributed by atoms with Crippen molar-refractivity contribution in [2.24, 2.45) is 0 Å². The lowest BCUT2D eigenvalue weighted by Crippen LogP contribution is -2.41. The molecule has 0 spiro atoms. The van der Waals surface area contributed by atoms with E-state index in [2.05, 4.69) is 5.32 Å². The molecule has 0 bridgehead atoms. The zero-order valence-electron chi connectivity index (χ0n) is 11.0. The highest BCUT2D eigenvalue weighted by Crippen LogP contribution is 2.26. The summed E-state index contributed by atoms with van der Waals surface area (Å²) in [6.45, 7) is 4.86. The Morgan fingerprint density at radius 1 is 0.900 bits per heavy atom. The standard InChI is InChI=1S/C12H13F5N2O/c1-12(2,3)18-4-5(20)19-11-9(16)7(14)6(13)8(15)10(11)17/h18H,4H2,1-3H3,(H,19,20). The van der Waals surface area contributed by atoms with Gasteiger partial charge in [0.25, 0.3) is 0 Å². The molecule has 1 amide bonds. The lowest BCUT2D eigenvalue weighted by molar-refractivity contribution is -0.115. The summed E-state index contributed by atoms with van der Waals surface area (Å²) >= 11 is 0. The Labute approximate surface area is 112 Å². The molecule has 0 aromatic heterocycles. The van der Waals surface area contributed by atoms with E-state index in [0.717, 1.165) is 0 Å². The number of nitrogens with one attached hydrogen (secondary N) is 2. The number of carbonyl (C=O) groups is 1. The van der Waals surface area contributed by atoms with Crippen LogP contribution >= 0.6 is 0 Å². The molecule has 112 valence electrons. The predicted molar refractivity (Wildman–Crippen MR) is 62.6 cm³/mol. The maximum atomic E-state index is 13.3. The largest absolute Gasteiger partial charge is 0.320 e. The quantitative estimate of drug-likeness (QED) is 0.511. The highest BCUT2D eigenvalue weighted by atomic mass is 19.2. The Morgan fingerprint density at radius 3 is 1.70 bits per heavy atom. The first kappa shape index (κ1) is 16.4. The zero-order valence-corrected chi connectivity index (χ0v) is 11.0. The van der Waals surface area contributed by atoms with Crippen LogP contribution in [0.5, 0.6) is 0 Å². The third-order valence-electron chi connectivity index (χ3n) is 2.25. The van der Waals surface area contributed by atoms with E-state index in [1.54, 1.807) is 26.1 Å². The molecule has 8 heteroatoms. The number of rotatable bonds is 3. The number of hydrogen-bond donors (Lipinski definition) is 2. The topological polar surface area (TPSA) is 41.1 Å². The average Bonchev–Trinajstić information content (AvgIpc) is 2.36. The first-order valence-electron chi connectivity index (χ1n) is 5.61. The van der Waals surface area contributed by atoms with Crippen LogP contribution in [0.2, 0.25) is 0 Å². The third-order valence-corrected chi connectivity index (χ3v) is 2.25. The molecule has 0 saturated heterocycles. The van der Waals surface area contributed by atoms with E-state index in [9.17, 15) is 26.7 Å². The summed E-state index contributed by atoms with van der Waals surface area (Å²) in [6, 6.07) is 0. The minimum absolute atomic E-state index is 0.344. The van der Waals surface area contributed by atoms with Crippen LogP contribution in [0, 0.1) is 29.1 Å². The van der Waals surface area contributed by atoms with Crippen molar-refractivity contribution in [1.82, 2.24) is 5.32 Å². The first-order chi connectivity index (χ1) is 9.04. The maximum absolute atomic E-state index is 13.3. The number of benzene rings is 1. The molecule has 1 aromatic rings. The molecule has 20 heavy (non-hydrogen) atoms. The van der Waals surface area contributed by atoms with Gasteiger partial charge in [-0.15, -0.1) is 0 Å². The van der Waals surface area contributed by atoms with Crippen LogP contribution in [0.25, 0.3) is 0 Å². The van der Waals surface area contributed by atoms with Crippen molar-refractivity contribution in [3.8, 4) is 0 Å². The van der Waals surface area contributed by atoms with Crippen LogP contribution < -0.4 is 10.6 Å². The molecule has 1 aromatic carbocycles. The molecule has 3 nitrogen and oxygen atoms in total. The van der Waals surface area contributed by atoms with Gasteiger partial charge in [-0.25, -0.2) is 22.0 Å². The third kappa shape index (κ3) is 3.66. The molecular formula is C12H13F5N2O. The molecule has 0 radical (unpaired) electrons. The summed E-state index contributed by atoms with van der Waals surface area (Å²) in [5.74, 6) is -11.6. The Hall–Kier alpha value is -1.70. The Morgan fingerprint density at radius 2 is 1.30 bits per heavy atom. The van der Waals surface area contributed by atoms with Crippen molar-refractivity contribution in [1.29, 1.82) is 0 Å². The zero-order chi connectivity index (χ0) is 15.7. The number of halogens is 5. The SMILES string of the molecule is CC(C)(C)NCC(=O)Nc1c(F)c(F)c(F)c(F)c1F. The van der Waals surface area contributed by atoms with E-state index in [-0.39, 0.29) is 6.54 Å². The molecule has 0 fully saturated rings. The molecule has 1 rings (SSSR count). The molecule has 0 aliphatic rings. The van der Waals surface area contributed by atoms with Gasteiger partial charge in [0, 0.05) is 5.54 Å². The molecule has 0 aliphatic carbocycles. The monoisotopic (exact) mass is 296 g/mol. The van der Waals surface area contributed by atoms with E-state index in [1.165, 1.54) is 0 Å². The lowest BCUT2D eigenvalue weighted by Gasteiger charge is -2.20. The van der Waals surface area contributed by atoms with Gasteiger partial charge >= 0.3 is 0 Å². The van der Waals surface area contributed by atoms with Crippen LogP contribution in [0.4, 0.5) is 27.6 Å². The molecule has 0 saturated carbocycles. The highest BCUT2D eigenvalue weighted by Gasteiger charge is 2.26. The van der Waals surface area contributed by atoms with Gasteiger partial charge in [-0.2, -0.15) is 0 Å². The molecular weight excluding hydrogens is 283 g/mol. The molecule has 2 N–H and O–H groups in total. The van der Waals surface area contributed by atoms with Crippen molar-refractivity contribution in [2.45, 2.75) is 26.3 Å². The summed E-state index contributed by atoms with van der Waals surface area (Å²) in [5, 5.41) is 4.36. The van der Waals surface area contributed by atoms with Crippen molar-refractivity contribution < 1.29 is 26.7 Å². The number of carbonyl (C=O) groups excluding carboxylic acids is 1. The minimum Gasteiger partial charge on any atom is -0.320 e. The van der Waals surface area contributed by atoms with Gasteiger partial charge in [0.2, 0.25) is 11.7 Å². The second-order valence-electron chi connectivity index (χ2n) is 5.10. The fourth-order valence-corrected chi connectivity index (χ4v) is 1.24. The number of amides is 1. The summed E-state index contributed by atoms with van der Waals surface area (Å²) in [4.78, 5) is 11.4. The summed E-state index contributed by atoms with van der Waals surface area (Å²) in [6.07, 6.45) is 0. The summed E-state index contributed by atoms with van der Waals surface area (Å²) in [5.41, 5.74) is -1.81. The molecule has 0 aliphatic heterocycles. The van der Waals surface area contributed by atoms with Gasteiger partial charge in [-0.1, -0.05) is 0 Å². The van der Waals surface area contributed by atoms with E-state index in [1.807, 2.05) is 0 Å². The van der Waals surface area contributed by atoms with Gasteiger partial charge in [0.05, 0.1) is 6.54 Å². The van der Waals surface area contributed by atoms with E-state index in [0.29, 0.717) is 0 Å². The highest BCUT2D eigenvalue weighted by molar-refractivity contribution is 5.92. The fraction of sp³-hybridized carbons (Fsp3) is 0.417. The summed E-state index contributed by atoms with van der Waals surface area (Å²) < 4.78 is 65.1. The molecule has 0 unspecified atom stereocenters. The van der Waals surface area contributed by atoms with E-state index < -0.39 is 46.2 Å². The molecule has 0 atom stereocenters. The Balaban J connectivity index is 2.96. The lowest BCUT2D eigenvalue weighted by atomic mass is 10.1. The average molecular weight is 296 g/mol. The van der Waals surface area contributed by atoms with Gasteiger partial charge in [0.15, 0.2) is 23.3 Å². The van der Waals surface area contributed by atoms with Crippen LogP contribution in [-0.2, 0) is 4.79 Å². The van der Waals surface area contributed by atoms with Gasteiger partial charge in [-0.05, 0) is 20.8 Å². The number of anilines is 1. The van der Waals surface area contributed by atoms with Crippen molar-refractivity contribution in [3.63, 3.8) is 0 Å². The van der Waals surface area contributed by atoms with Crippen LogP contribution in [0.3, 0.4) is 0 Å². The van der Waals surface area contributed by atoms with Crippen molar-refractivity contribution in [2.75, 3.05) is 11.9 Å². The molecule has 0 heterocycles. The fourth-order valence-electron chi connectivity index (χ4n) is 1.24. The second-order valence-corrected chi connectivity index (χ2v) is 5.10. The normalized spacial score (nSPS) is 11.6. The Bertz CT molecular complexity index is 511. The predicted octanol–water partition coefficient (Wildman–Crippen LogP) is 2.71. The van der Waals surface area contributed by atoms with Crippen LogP contribution in [-0.4, -0.2) is 18.0 Å². The minimum atomic E-state index is -2.27.